The second-order valence-electron chi connectivity index (χ2n) is 5.71. The molecule has 3 nitrogen and oxygen atoms in total. The van der Waals surface area contributed by atoms with Gasteiger partial charge in [0.05, 0.1) is 0 Å². The van der Waals surface area contributed by atoms with E-state index in [0.29, 0.717) is 17.9 Å². The molecule has 0 radical (unpaired) electrons. The van der Waals surface area contributed by atoms with Gasteiger partial charge in [-0.3, -0.25) is 4.79 Å². The normalized spacial score (nSPS) is 25.3. The summed E-state index contributed by atoms with van der Waals surface area (Å²) in [6, 6.07) is 0.513. The van der Waals surface area contributed by atoms with Crippen molar-refractivity contribution in [1.82, 2.24) is 10.2 Å². The highest BCUT2D eigenvalue weighted by Gasteiger charge is 2.24. The predicted molar refractivity (Wildman–Crippen MR) is 77.1 cm³/mol. The van der Waals surface area contributed by atoms with Crippen LogP contribution in [0.3, 0.4) is 0 Å². The van der Waals surface area contributed by atoms with E-state index in [9.17, 15) is 4.79 Å². The number of hydrogen-bond donors (Lipinski definition) is 1. The summed E-state index contributed by atoms with van der Waals surface area (Å²) < 4.78 is 0. The fourth-order valence-corrected chi connectivity index (χ4v) is 3.13. The van der Waals surface area contributed by atoms with E-state index < -0.39 is 0 Å². The Kier molecular flexibility index (Phi) is 7.02. The lowest BCUT2D eigenvalue weighted by molar-refractivity contribution is -0.133. The highest BCUT2D eigenvalue weighted by molar-refractivity contribution is 5.85. The van der Waals surface area contributed by atoms with Gasteiger partial charge in [0.25, 0.3) is 0 Å². The van der Waals surface area contributed by atoms with Gasteiger partial charge in [-0.15, -0.1) is 12.4 Å². The molecule has 2 rings (SSSR count). The van der Waals surface area contributed by atoms with Crippen LogP contribution in [0.25, 0.3) is 0 Å². The molecule has 2 fully saturated rings. The number of rotatable bonds is 3. The SMILES string of the molecule is CN(C(=O)CC1CCNC1)C1CCCCCC1.Cl. The molecule has 0 aromatic carbocycles. The Morgan fingerprint density at radius 3 is 2.39 bits per heavy atom. The summed E-state index contributed by atoms with van der Waals surface area (Å²) in [4.78, 5) is 14.3. The number of hydrogen-bond acceptors (Lipinski definition) is 2. The summed E-state index contributed by atoms with van der Waals surface area (Å²) in [5.74, 6) is 0.946. The highest BCUT2D eigenvalue weighted by Crippen LogP contribution is 2.22. The van der Waals surface area contributed by atoms with Gasteiger partial charge in [0.15, 0.2) is 0 Å². The topological polar surface area (TPSA) is 32.3 Å². The zero-order valence-electron chi connectivity index (χ0n) is 11.5. The van der Waals surface area contributed by atoms with Crippen molar-refractivity contribution in [2.75, 3.05) is 20.1 Å². The van der Waals surface area contributed by atoms with Crippen LogP contribution in [0.2, 0.25) is 0 Å². The zero-order valence-corrected chi connectivity index (χ0v) is 12.3. The Hall–Kier alpha value is -0.280. The maximum atomic E-state index is 12.2. The molecule has 18 heavy (non-hydrogen) atoms. The summed E-state index contributed by atoms with van der Waals surface area (Å²) in [5.41, 5.74) is 0. The fourth-order valence-electron chi connectivity index (χ4n) is 3.13. The lowest BCUT2D eigenvalue weighted by atomic mass is 10.0. The third-order valence-electron chi connectivity index (χ3n) is 4.39. The Morgan fingerprint density at radius 2 is 1.83 bits per heavy atom. The minimum atomic E-state index is 0. The molecule has 1 amide bonds. The second-order valence-corrected chi connectivity index (χ2v) is 5.71. The van der Waals surface area contributed by atoms with Crippen LogP contribution in [-0.4, -0.2) is 37.0 Å². The van der Waals surface area contributed by atoms with Crippen LogP contribution in [0.5, 0.6) is 0 Å². The van der Waals surface area contributed by atoms with E-state index in [4.69, 9.17) is 0 Å². The molecule has 1 unspecified atom stereocenters. The molecule has 2 aliphatic rings. The molecule has 1 aliphatic heterocycles. The average molecular weight is 275 g/mol. The summed E-state index contributed by atoms with van der Waals surface area (Å²) in [7, 11) is 2.01. The molecule has 0 aromatic rings. The van der Waals surface area contributed by atoms with Crippen LogP contribution in [0.15, 0.2) is 0 Å². The summed E-state index contributed by atoms with van der Waals surface area (Å²) in [5, 5.41) is 3.34. The third kappa shape index (κ3) is 4.43. The van der Waals surface area contributed by atoms with Crippen LogP contribution < -0.4 is 5.32 Å². The van der Waals surface area contributed by atoms with Gasteiger partial charge in [-0.25, -0.2) is 0 Å². The molecule has 1 N–H and O–H groups in total. The fraction of sp³-hybridized carbons (Fsp3) is 0.929. The van der Waals surface area contributed by atoms with E-state index in [-0.39, 0.29) is 12.4 Å². The maximum Gasteiger partial charge on any atom is 0.222 e. The number of nitrogens with one attached hydrogen (secondary N) is 1. The van der Waals surface area contributed by atoms with Crippen molar-refractivity contribution in [3.8, 4) is 0 Å². The van der Waals surface area contributed by atoms with Crippen molar-refractivity contribution < 1.29 is 4.79 Å². The van der Waals surface area contributed by atoms with E-state index in [2.05, 4.69) is 5.32 Å². The molecule has 106 valence electrons. The van der Waals surface area contributed by atoms with Crippen LogP contribution >= 0.6 is 12.4 Å². The van der Waals surface area contributed by atoms with Crippen LogP contribution in [0, 0.1) is 5.92 Å². The largest absolute Gasteiger partial charge is 0.343 e. The second kappa shape index (κ2) is 8.00. The van der Waals surface area contributed by atoms with Crippen LogP contribution in [0.1, 0.15) is 51.4 Å². The highest BCUT2D eigenvalue weighted by atomic mass is 35.5. The van der Waals surface area contributed by atoms with Crippen molar-refractivity contribution in [2.45, 2.75) is 57.4 Å². The maximum absolute atomic E-state index is 12.2. The molecule has 1 saturated carbocycles. The monoisotopic (exact) mass is 274 g/mol. The van der Waals surface area contributed by atoms with Crippen LogP contribution in [-0.2, 0) is 4.79 Å². The van der Waals surface area contributed by atoms with E-state index >= 15 is 0 Å². The van der Waals surface area contributed by atoms with Gasteiger partial charge in [-0.1, -0.05) is 25.7 Å². The first kappa shape index (κ1) is 15.8. The number of nitrogens with zero attached hydrogens (tertiary/aromatic N) is 1. The molecular formula is C14H27ClN2O. The lowest BCUT2D eigenvalue weighted by Crippen LogP contribution is -2.37. The first-order valence-corrected chi connectivity index (χ1v) is 7.24. The molecule has 1 atom stereocenters. The Balaban J connectivity index is 0.00000162. The van der Waals surface area contributed by atoms with Gasteiger partial charge in [0.1, 0.15) is 0 Å². The van der Waals surface area contributed by atoms with Crippen molar-refractivity contribution in [3.63, 3.8) is 0 Å². The number of carbonyl (C=O) groups is 1. The number of amides is 1. The molecular weight excluding hydrogens is 248 g/mol. The minimum Gasteiger partial charge on any atom is -0.343 e. The first-order chi connectivity index (χ1) is 8.27. The molecule has 1 saturated heterocycles. The Bertz CT molecular complexity index is 246. The molecule has 0 bridgehead atoms. The standard InChI is InChI=1S/C14H26N2O.ClH/c1-16(13-6-4-2-3-5-7-13)14(17)10-12-8-9-15-11-12;/h12-13,15H,2-11H2,1H3;1H. The van der Waals surface area contributed by atoms with Gasteiger partial charge >= 0.3 is 0 Å². The number of halogens is 1. The van der Waals surface area contributed by atoms with E-state index in [1.54, 1.807) is 0 Å². The van der Waals surface area contributed by atoms with Gasteiger partial charge in [-0.2, -0.15) is 0 Å². The molecule has 0 spiro atoms. The van der Waals surface area contributed by atoms with E-state index in [1.165, 1.54) is 44.9 Å². The molecule has 0 aromatic heterocycles. The summed E-state index contributed by atoms with van der Waals surface area (Å²) in [6.07, 6.45) is 9.65. The Morgan fingerprint density at radius 1 is 1.17 bits per heavy atom. The van der Waals surface area contributed by atoms with Gasteiger partial charge in [0.2, 0.25) is 5.91 Å². The lowest BCUT2D eigenvalue weighted by Gasteiger charge is -2.28. The van der Waals surface area contributed by atoms with Crippen LogP contribution in [0.4, 0.5) is 0 Å². The molecule has 1 aliphatic carbocycles. The number of carbonyl (C=O) groups excluding carboxylic acids is 1. The summed E-state index contributed by atoms with van der Waals surface area (Å²) >= 11 is 0. The van der Waals surface area contributed by atoms with Crippen molar-refractivity contribution in [2.24, 2.45) is 5.92 Å². The quantitative estimate of drug-likeness (QED) is 0.803. The van der Waals surface area contributed by atoms with Crippen molar-refractivity contribution >= 4 is 18.3 Å². The Labute approximate surface area is 117 Å². The molecule has 1 heterocycles. The third-order valence-corrected chi connectivity index (χ3v) is 4.39. The smallest absolute Gasteiger partial charge is 0.222 e. The molecule has 4 heteroatoms. The first-order valence-electron chi connectivity index (χ1n) is 7.24. The van der Waals surface area contributed by atoms with E-state index in [0.717, 1.165) is 19.5 Å². The van der Waals surface area contributed by atoms with Gasteiger partial charge in [-0.05, 0) is 38.3 Å². The van der Waals surface area contributed by atoms with Gasteiger partial charge < -0.3 is 10.2 Å². The van der Waals surface area contributed by atoms with Crippen molar-refractivity contribution in [1.29, 1.82) is 0 Å². The van der Waals surface area contributed by atoms with Gasteiger partial charge in [0, 0.05) is 19.5 Å². The zero-order chi connectivity index (χ0) is 12.1. The van der Waals surface area contributed by atoms with Crippen molar-refractivity contribution in [3.05, 3.63) is 0 Å². The average Bonchev–Trinajstić information content (AvgIpc) is 2.68. The van der Waals surface area contributed by atoms with E-state index in [1.807, 2.05) is 11.9 Å². The predicted octanol–water partition coefficient (Wildman–Crippen LogP) is 2.59. The minimum absolute atomic E-state index is 0. The summed E-state index contributed by atoms with van der Waals surface area (Å²) in [6.45, 7) is 2.12.